The Hall–Kier alpha value is -4.84. The van der Waals surface area contributed by atoms with E-state index in [-0.39, 0.29) is 17.6 Å². The molecule has 1 aliphatic rings. The van der Waals surface area contributed by atoms with Crippen molar-refractivity contribution in [3.8, 4) is 23.0 Å². The second-order valence-electron chi connectivity index (χ2n) is 9.10. The van der Waals surface area contributed by atoms with Crippen LogP contribution in [0.25, 0.3) is 33.5 Å². The average Bonchev–Trinajstić information content (AvgIpc) is 3.72. The summed E-state index contributed by atoms with van der Waals surface area (Å²) in [5.41, 5.74) is 2.72. The van der Waals surface area contributed by atoms with Crippen LogP contribution >= 0.6 is 11.6 Å². The quantitative estimate of drug-likeness (QED) is 0.348. The Morgan fingerprint density at radius 3 is 2.69 bits per heavy atom. The molecule has 1 aromatic carbocycles. The van der Waals surface area contributed by atoms with Crippen molar-refractivity contribution in [1.82, 2.24) is 44.3 Å². The molecule has 0 radical (unpaired) electrons. The third kappa shape index (κ3) is 3.71. The van der Waals surface area contributed by atoms with E-state index in [1.54, 1.807) is 33.7 Å². The number of halogens is 1. The van der Waals surface area contributed by atoms with Crippen molar-refractivity contribution >= 4 is 34.0 Å². The van der Waals surface area contributed by atoms with Crippen LogP contribution in [0.1, 0.15) is 24.7 Å². The molecule has 1 atom stereocenters. The van der Waals surface area contributed by atoms with Gasteiger partial charge in [0.1, 0.15) is 17.7 Å². The normalized spacial score (nSPS) is 15.4. The number of H-pyrrole nitrogens is 1. The van der Waals surface area contributed by atoms with Crippen molar-refractivity contribution in [3.05, 3.63) is 82.5 Å². The number of para-hydroxylation sites is 1. The molecule has 39 heavy (non-hydrogen) atoms. The zero-order chi connectivity index (χ0) is 26.5. The van der Waals surface area contributed by atoms with E-state index in [1.165, 1.54) is 13.4 Å². The first kappa shape index (κ1) is 23.3. The first-order valence-electron chi connectivity index (χ1n) is 12.3. The smallest absolute Gasteiger partial charge is 0.316 e. The second-order valence-corrected chi connectivity index (χ2v) is 9.50. The summed E-state index contributed by atoms with van der Waals surface area (Å²) in [6, 6.07) is 11.2. The number of hydrogen-bond donors (Lipinski definition) is 1. The molecule has 6 heterocycles. The van der Waals surface area contributed by atoms with Gasteiger partial charge >= 0.3 is 6.01 Å². The van der Waals surface area contributed by atoms with Gasteiger partial charge in [0.2, 0.25) is 0 Å². The Kier molecular flexibility index (Phi) is 5.48. The molecule has 12 nitrogen and oxygen atoms in total. The summed E-state index contributed by atoms with van der Waals surface area (Å²) in [6.07, 6.45) is 8.17. The van der Waals surface area contributed by atoms with E-state index >= 15 is 0 Å². The van der Waals surface area contributed by atoms with Gasteiger partial charge in [-0.2, -0.15) is 10.2 Å². The van der Waals surface area contributed by atoms with E-state index < -0.39 is 0 Å². The predicted octanol–water partition coefficient (Wildman–Crippen LogP) is 3.61. The van der Waals surface area contributed by atoms with Crippen LogP contribution in [0.5, 0.6) is 6.01 Å². The van der Waals surface area contributed by atoms with Crippen LogP contribution in [0.2, 0.25) is 5.02 Å². The Labute approximate surface area is 225 Å². The van der Waals surface area contributed by atoms with Gasteiger partial charge in [0, 0.05) is 30.7 Å². The van der Waals surface area contributed by atoms with Gasteiger partial charge in [0.05, 0.1) is 34.9 Å². The van der Waals surface area contributed by atoms with Gasteiger partial charge in [-0.25, -0.2) is 24.5 Å². The van der Waals surface area contributed by atoms with E-state index in [9.17, 15) is 4.79 Å². The van der Waals surface area contributed by atoms with Crippen molar-refractivity contribution in [1.29, 1.82) is 0 Å². The molecular weight excluding hydrogens is 520 g/mol. The largest absolute Gasteiger partial charge is 0.467 e. The van der Waals surface area contributed by atoms with Crippen LogP contribution in [0, 0.1) is 0 Å². The van der Waals surface area contributed by atoms with Gasteiger partial charge in [-0.15, -0.1) is 0 Å². The second kappa shape index (κ2) is 9.17. The number of anilines is 1. The Balaban J connectivity index is 1.42. The van der Waals surface area contributed by atoms with Crippen LogP contribution in [0.15, 0.2) is 66.1 Å². The molecule has 6 aromatic rings. The maximum atomic E-state index is 13.8. The molecule has 0 bridgehead atoms. The van der Waals surface area contributed by atoms with Crippen molar-refractivity contribution in [2.75, 3.05) is 18.6 Å². The topological polar surface area (TPSA) is 132 Å². The maximum Gasteiger partial charge on any atom is 0.316 e. The molecule has 1 aliphatic heterocycles. The highest BCUT2D eigenvalue weighted by molar-refractivity contribution is 6.33. The number of fused-ring (bicyclic) bond motifs is 2. The Bertz CT molecular complexity index is 1880. The molecular formula is C26H21ClN10O2. The van der Waals surface area contributed by atoms with Crippen LogP contribution in [0.4, 0.5) is 5.82 Å². The van der Waals surface area contributed by atoms with Crippen LogP contribution in [-0.2, 0) is 0 Å². The van der Waals surface area contributed by atoms with Crippen molar-refractivity contribution in [2.24, 2.45) is 0 Å². The first-order valence-corrected chi connectivity index (χ1v) is 12.7. The molecule has 194 valence electrons. The molecule has 13 heteroatoms. The molecule has 0 unspecified atom stereocenters. The molecule has 5 aromatic heterocycles. The highest BCUT2D eigenvalue weighted by atomic mass is 35.5. The number of benzene rings is 1. The fourth-order valence-electron chi connectivity index (χ4n) is 5.20. The molecule has 1 saturated heterocycles. The number of methoxy groups -OCH3 is 1. The summed E-state index contributed by atoms with van der Waals surface area (Å²) >= 11 is 6.39. The van der Waals surface area contributed by atoms with Crippen LogP contribution < -0.4 is 15.2 Å². The molecule has 0 amide bonds. The maximum absolute atomic E-state index is 13.8. The minimum absolute atomic E-state index is 0.236. The molecule has 0 spiro atoms. The summed E-state index contributed by atoms with van der Waals surface area (Å²) in [5.74, 6) is 1.27. The lowest BCUT2D eigenvalue weighted by Gasteiger charge is -2.27. The van der Waals surface area contributed by atoms with Crippen molar-refractivity contribution < 1.29 is 4.74 Å². The van der Waals surface area contributed by atoms with E-state index in [0.717, 1.165) is 18.2 Å². The number of rotatable bonds is 5. The summed E-state index contributed by atoms with van der Waals surface area (Å²) < 4.78 is 8.31. The Morgan fingerprint density at radius 1 is 1.08 bits per heavy atom. The lowest BCUT2D eigenvalue weighted by molar-refractivity contribution is 0.380. The highest BCUT2D eigenvalue weighted by Gasteiger charge is 2.34. The van der Waals surface area contributed by atoms with Gasteiger partial charge in [-0.3, -0.25) is 14.5 Å². The van der Waals surface area contributed by atoms with Gasteiger partial charge in [0.15, 0.2) is 11.5 Å². The monoisotopic (exact) mass is 540 g/mol. The summed E-state index contributed by atoms with van der Waals surface area (Å²) in [5, 5.41) is 13.5. The van der Waals surface area contributed by atoms with Crippen molar-refractivity contribution in [3.63, 3.8) is 0 Å². The van der Waals surface area contributed by atoms with Gasteiger partial charge in [0.25, 0.3) is 5.56 Å². The molecule has 1 fully saturated rings. The molecule has 0 aliphatic carbocycles. The van der Waals surface area contributed by atoms with E-state index in [1.807, 2.05) is 30.3 Å². The fourth-order valence-corrected chi connectivity index (χ4v) is 5.42. The number of aromatic nitrogens is 9. The lowest BCUT2D eigenvalue weighted by Crippen LogP contribution is -2.33. The number of aromatic amines is 1. The highest BCUT2D eigenvalue weighted by Crippen LogP contribution is 2.40. The number of nitrogens with one attached hydrogen (secondary N) is 1. The lowest BCUT2D eigenvalue weighted by atomic mass is 10.1. The standard InChI is InChI=1S/C26H21ClN10O2/c1-39-26-28-12-15(13-29-26)20-19-22(33-32-20)30-14-31-24(19)35-10-5-8-18(35)23-34-36-11-9-17(27)21(36)25(38)37(23)16-6-3-2-4-7-16/h2-4,6-7,9,11-14,18H,5,8,10H2,1H3,(H,30,31,32,33)/t18-/m0/s1. The number of hydrogen-bond acceptors (Lipinski definition) is 9. The molecule has 7 rings (SSSR count). The van der Waals surface area contributed by atoms with Gasteiger partial charge < -0.3 is 9.64 Å². The predicted molar refractivity (Wildman–Crippen MR) is 144 cm³/mol. The fraction of sp³-hybridized carbons (Fsp3) is 0.192. The molecule has 1 N–H and O–H groups in total. The van der Waals surface area contributed by atoms with E-state index in [0.29, 0.717) is 51.3 Å². The first-order chi connectivity index (χ1) is 19.1. The van der Waals surface area contributed by atoms with Gasteiger partial charge in [-0.05, 0) is 31.0 Å². The van der Waals surface area contributed by atoms with Crippen molar-refractivity contribution in [2.45, 2.75) is 18.9 Å². The van der Waals surface area contributed by atoms with E-state index in [2.05, 4.69) is 30.0 Å². The minimum atomic E-state index is -0.253. The Morgan fingerprint density at radius 2 is 1.90 bits per heavy atom. The zero-order valence-electron chi connectivity index (χ0n) is 20.7. The van der Waals surface area contributed by atoms with Crippen LogP contribution in [0.3, 0.4) is 0 Å². The SMILES string of the molecule is COc1ncc(-c2[nH]nc3ncnc(N4CCC[C@H]4c4nn5ccc(Cl)c5c(=O)n4-c4ccccc4)c23)cn1. The third-order valence-corrected chi connectivity index (χ3v) is 7.23. The third-order valence-electron chi connectivity index (χ3n) is 6.93. The van der Waals surface area contributed by atoms with Gasteiger partial charge in [-0.1, -0.05) is 29.8 Å². The number of ether oxygens (including phenoxy) is 1. The van der Waals surface area contributed by atoms with E-state index in [4.69, 9.17) is 26.4 Å². The minimum Gasteiger partial charge on any atom is -0.467 e. The summed E-state index contributed by atoms with van der Waals surface area (Å²) in [4.78, 5) is 33.5. The van der Waals surface area contributed by atoms with Crippen LogP contribution in [-0.4, -0.2) is 58.0 Å². The average molecular weight is 541 g/mol. The number of nitrogens with zero attached hydrogens (tertiary/aromatic N) is 9. The zero-order valence-corrected chi connectivity index (χ0v) is 21.4. The summed E-state index contributed by atoms with van der Waals surface area (Å²) in [6.45, 7) is 0.704. The summed E-state index contributed by atoms with van der Waals surface area (Å²) in [7, 11) is 1.52. The molecule has 0 saturated carbocycles.